The molecule has 28 heavy (non-hydrogen) atoms. The maximum atomic E-state index is 6.28. The fraction of sp³-hybridized carbons (Fsp3) is 0.130. The second-order valence-corrected chi connectivity index (χ2v) is 7.12. The van der Waals surface area contributed by atoms with E-state index in [4.69, 9.17) is 16.0 Å². The summed E-state index contributed by atoms with van der Waals surface area (Å²) in [7, 11) is 0. The molecule has 1 aromatic heterocycles. The standard InChI is InChI=1S/C23H20ClN3O/c1-15-12-13-18(14-16(15)2)25-21(17-8-4-3-5-9-17)23-27-26-22(28-23)19-10-6-7-11-20(19)24/h3-14,21,25H,1-2H3. The fourth-order valence-electron chi connectivity index (χ4n) is 3.03. The lowest BCUT2D eigenvalue weighted by Crippen LogP contribution is -2.13. The molecule has 0 aliphatic carbocycles. The number of nitrogens with zero attached hydrogens (tertiary/aromatic N) is 2. The molecule has 0 amide bonds. The third kappa shape index (κ3) is 3.78. The van der Waals surface area contributed by atoms with Crippen LogP contribution in [0.5, 0.6) is 0 Å². The lowest BCUT2D eigenvalue weighted by molar-refractivity contribution is 0.494. The number of anilines is 1. The summed E-state index contributed by atoms with van der Waals surface area (Å²) in [6, 6.07) is 23.5. The Balaban J connectivity index is 1.72. The van der Waals surface area contributed by atoms with E-state index in [0.717, 1.165) is 16.8 Å². The molecule has 4 nitrogen and oxygen atoms in total. The summed E-state index contributed by atoms with van der Waals surface area (Å²) in [6.45, 7) is 4.20. The lowest BCUT2D eigenvalue weighted by atomic mass is 10.1. The van der Waals surface area contributed by atoms with Gasteiger partial charge >= 0.3 is 0 Å². The summed E-state index contributed by atoms with van der Waals surface area (Å²) in [4.78, 5) is 0. The zero-order chi connectivity index (χ0) is 19.5. The number of aromatic nitrogens is 2. The van der Waals surface area contributed by atoms with Gasteiger partial charge in [0, 0.05) is 5.69 Å². The van der Waals surface area contributed by atoms with Crippen LogP contribution in [-0.2, 0) is 0 Å². The molecule has 4 rings (SSSR count). The summed E-state index contributed by atoms with van der Waals surface area (Å²) in [6.07, 6.45) is 0. The predicted molar refractivity (Wildman–Crippen MR) is 113 cm³/mol. The number of halogens is 1. The van der Waals surface area contributed by atoms with Crippen molar-refractivity contribution in [2.45, 2.75) is 19.9 Å². The van der Waals surface area contributed by atoms with Gasteiger partial charge < -0.3 is 9.73 Å². The molecule has 0 aliphatic rings. The van der Waals surface area contributed by atoms with Crippen molar-refractivity contribution in [2.24, 2.45) is 0 Å². The molecule has 1 atom stereocenters. The van der Waals surface area contributed by atoms with Gasteiger partial charge in [-0.2, -0.15) is 0 Å². The van der Waals surface area contributed by atoms with Crippen LogP contribution in [0, 0.1) is 13.8 Å². The van der Waals surface area contributed by atoms with Gasteiger partial charge in [-0.05, 0) is 54.8 Å². The largest absolute Gasteiger partial charge is 0.418 e. The van der Waals surface area contributed by atoms with E-state index in [1.165, 1.54) is 11.1 Å². The summed E-state index contributed by atoms with van der Waals surface area (Å²) < 4.78 is 6.02. The molecule has 1 heterocycles. The van der Waals surface area contributed by atoms with E-state index < -0.39 is 0 Å². The van der Waals surface area contributed by atoms with E-state index in [1.807, 2.05) is 54.6 Å². The zero-order valence-corrected chi connectivity index (χ0v) is 16.4. The highest BCUT2D eigenvalue weighted by atomic mass is 35.5. The van der Waals surface area contributed by atoms with Crippen LogP contribution in [0.1, 0.15) is 28.6 Å². The first-order valence-electron chi connectivity index (χ1n) is 9.09. The average Bonchev–Trinajstić information content (AvgIpc) is 3.19. The number of rotatable bonds is 5. The van der Waals surface area contributed by atoms with Crippen molar-refractivity contribution in [3.8, 4) is 11.5 Å². The quantitative estimate of drug-likeness (QED) is 0.441. The first-order valence-corrected chi connectivity index (χ1v) is 9.46. The van der Waals surface area contributed by atoms with Crippen molar-refractivity contribution < 1.29 is 4.42 Å². The molecule has 3 aromatic carbocycles. The van der Waals surface area contributed by atoms with E-state index in [9.17, 15) is 0 Å². The maximum Gasteiger partial charge on any atom is 0.249 e. The van der Waals surface area contributed by atoms with Crippen LogP contribution in [0.3, 0.4) is 0 Å². The fourth-order valence-corrected chi connectivity index (χ4v) is 3.24. The minimum absolute atomic E-state index is 0.271. The zero-order valence-electron chi connectivity index (χ0n) is 15.7. The summed E-state index contributed by atoms with van der Waals surface area (Å²) in [5, 5.41) is 12.6. The average molecular weight is 390 g/mol. The predicted octanol–water partition coefficient (Wildman–Crippen LogP) is 6.21. The topological polar surface area (TPSA) is 51.0 Å². The molecule has 1 N–H and O–H groups in total. The third-order valence-corrected chi connectivity index (χ3v) is 5.07. The Morgan fingerprint density at radius 3 is 2.36 bits per heavy atom. The van der Waals surface area contributed by atoms with E-state index in [1.54, 1.807) is 0 Å². The van der Waals surface area contributed by atoms with E-state index >= 15 is 0 Å². The number of aryl methyl sites for hydroxylation is 2. The smallest absolute Gasteiger partial charge is 0.249 e. The van der Waals surface area contributed by atoms with Crippen LogP contribution in [-0.4, -0.2) is 10.2 Å². The van der Waals surface area contributed by atoms with Gasteiger partial charge in [-0.15, -0.1) is 10.2 Å². The highest BCUT2D eigenvalue weighted by Gasteiger charge is 2.22. The molecule has 140 valence electrons. The van der Waals surface area contributed by atoms with Gasteiger partial charge in [0.05, 0.1) is 10.6 Å². The number of nitrogens with one attached hydrogen (secondary N) is 1. The van der Waals surface area contributed by atoms with E-state index in [2.05, 4.69) is 47.6 Å². The molecular weight excluding hydrogens is 370 g/mol. The number of benzene rings is 3. The van der Waals surface area contributed by atoms with Gasteiger partial charge in [0.1, 0.15) is 6.04 Å². The molecule has 0 saturated carbocycles. The molecule has 5 heteroatoms. The molecule has 0 spiro atoms. The minimum atomic E-state index is -0.271. The second kappa shape index (κ2) is 7.87. The Bertz CT molecular complexity index is 1090. The molecular formula is C23H20ClN3O. The Labute approximate surface area is 169 Å². The van der Waals surface area contributed by atoms with Crippen LogP contribution in [0.15, 0.2) is 77.2 Å². The summed E-state index contributed by atoms with van der Waals surface area (Å²) in [5.74, 6) is 0.891. The normalized spacial score (nSPS) is 12.0. The van der Waals surface area contributed by atoms with Gasteiger partial charge in [-0.1, -0.05) is 60.1 Å². The van der Waals surface area contributed by atoms with Gasteiger partial charge in [-0.3, -0.25) is 0 Å². The Hall–Kier alpha value is -3.11. The highest BCUT2D eigenvalue weighted by Crippen LogP contribution is 2.31. The van der Waals surface area contributed by atoms with Gasteiger partial charge in [0.15, 0.2) is 0 Å². The van der Waals surface area contributed by atoms with Crippen LogP contribution >= 0.6 is 11.6 Å². The van der Waals surface area contributed by atoms with Crippen molar-refractivity contribution in [3.05, 3.63) is 100 Å². The molecule has 1 unspecified atom stereocenters. The number of hydrogen-bond donors (Lipinski definition) is 1. The van der Waals surface area contributed by atoms with Crippen LogP contribution < -0.4 is 5.32 Å². The van der Waals surface area contributed by atoms with E-state index in [0.29, 0.717) is 16.8 Å². The Morgan fingerprint density at radius 1 is 0.857 bits per heavy atom. The van der Waals surface area contributed by atoms with Crippen LogP contribution in [0.4, 0.5) is 5.69 Å². The maximum absolute atomic E-state index is 6.28. The van der Waals surface area contributed by atoms with E-state index in [-0.39, 0.29) is 6.04 Å². The summed E-state index contributed by atoms with van der Waals surface area (Å²) in [5.41, 5.74) is 5.23. The number of hydrogen-bond acceptors (Lipinski definition) is 4. The van der Waals surface area contributed by atoms with Crippen LogP contribution in [0.25, 0.3) is 11.5 Å². The molecule has 0 bridgehead atoms. The van der Waals surface area contributed by atoms with Crippen molar-refractivity contribution in [2.75, 3.05) is 5.32 Å². The molecule has 0 aliphatic heterocycles. The molecule has 0 saturated heterocycles. The Morgan fingerprint density at radius 2 is 1.61 bits per heavy atom. The lowest BCUT2D eigenvalue weighted by Gasteiger charge is -2.18. The molecule has 0 fully saturated rings. The summed E-state index contributed by atoms with van der Waals surface area (Å²) >= 11 is 6.28. The van der Waals surface area contributed by atoms with Gasteiger partial charge in [0.25, 0.3) is 0 Å². The van der Waals surface area contributed by atoms with Gasteiger partial charge in [0.2, 0.25) is 11.8 Å². The first-order chi connectivity index (χ1) is 13.6. The second-order valence-electron chi connectivity index (χ2n) is 6.71. The van der Waals surface area contributed by atoms with Crippen LogP contribution in [0.2, 0.25) is 5.02 Å². The highest BCUT2D eigenvalue weighted by molar-refractivity contribution is 6.33. The SMILES string of the molecule is Cc1ccc(NC(c2ccccc2)c2nnc(-c3ccccc3Cl)o2)cc1C. The van der Waals surface area contributed by atoms with Crippen molar-refractivity contribution in [3.63, 3.8) is 0 Å². The first kappa shape index (κ1) is 18.3. The monoisotopic (exact) mass is 389 g/mol. The van der Waals surface area contributed by atoms with Crippen molar-refractivity contribution in [1.29, 1.82) is 0 Å². The molecule has 4 aromatic rings. The van der Waals surface area contributed by atoms with Gasteiger partial charge in [-0.25, -0.2) is 0 Å². The Kier molecular flexibility index (Phi) is 5.13. The van der Waals surface area contributed by atoms with Crippen molar-refractivity contribution in [1.82, 2.24) is 10.2 Å². The minimum Gasteiger partial charge on any atom is -0.418 e. The van der Waals surface area contributed by atoms with Crippen molar-refractivity contribution >= 4 is 17.3 Å². The molecule has 0 radical (unpaired) electrons. The third-order valence-electron chi connectivity index (χ3n) is 4.74.